The molecule has 2 atom stereocenters. The maximum atomic E-state index is 11.4. The van der Waals surface area contributed by atoms with Crippen molar-refractivity contribution in [3.05, 3.63) is 34.9 Å². The molecule has 1 rings (SSSR count). The summed E-state index contributed by atoms with van der Waals surface area (Å²) in [4.78, 5) is 13.5. The number of halogens is 1. The van der Waals surface area contributed by atoms with Crippen LogP contribution in [0.25, 0.3) is 0 Å². The molecule has 0 aliphatic rings. The highest BCUT2D eigenvalue weighted by Gasteiger charge is 2.25. The second-order valence-corrected chi connectivity index (χ2v) is 5.35. The van der Waals surface area contributed by atoms with Crippen molar-refractivity contribution in [1.29, 1.82) is 0 Å². The molecule has 0 spiro atoms. The van der Waals surface area contributed by atoms with Crippen LogP contribution in [-0.4, -0.2) is 37.5 Å². The molecule has 0 aliphatic carbocycles. The van der Waals surface area contributed by atoms with Crippen LogP contribution in [0.2, 0.25) is 5.02 Å². The molecule has 0 heterocycles. The lowest BCUT2D eigenvalue weighted by Gasteiger charge is -2.33. The molecule has 2 unspecified atom stereocenters. The molecule has 0 bridgehead atoms. The predicted molar refractivity (Wildman–Crippen MR) is 83.8 cm³/mol. The van der Waals surface area contributed by atoms with Crippen molar-refractivity contribution >= 4 is 17.5 Å². The molecule has 1 amide bonds. The average molecular weight is 298 g/mol. The summed E-state index contributed by atoms with van der Waals surface area (Å²) in [5, 5.41) is 3.35. The quantitative estimate of drug-likeness (QED) is 0.811. The number of nitrogens with one attached hydrogen (secondary N) is 1. The predicted octanol–water partition coefficient (Wildman–Crippen LogP) is 2.19. The Balaban J connectivity index is 2.90. The Morgan fingerprint density at radius 2 is 2.10 bits per heavy atom. The first-order valence-corrected chi connectivity index (χ1v) is 7.29. The first-order chi connectivity index (χ1) is 9.51. The molecule has 0 fully saturated rings. The van der Waals surface area contributed by atoms with E-state index in [1.165, 1.54) is 0 Å². The van der Waals surface area contributed by atoms with Crippen LogP contribution >= 0.6 is 11.6 Å². The molecular weight excluding hydrogens is 274 g/mol. The van der Waals surface area contributed by atoms with E-state index in [1.54, 1.807) is 7.05 Å². The molecule has 1 aromatic carbocycles. The second-order valence-electron chi connectivity index (χ2n) is 4.94. The highest BCUT2D eigenvalue weighted by molar-refractivity contribution is 6.31. The Labute approximate surface area is 126 Å². The highest BCUT2D eigenvalue weighted by atomic mass is 35.5. The SMILES string of the molecule is CCC(N)C(c1ccccc1Cl)N(C)CCC(=O)NC. The third-order valence-electron chi connectivity index (χ3n) is 3.55. The number of likely N-dealkylation sites (N-methyl/N-ethyl adjacent to an activating group) is 1. The second kappa shape index (κ2) is 8.25. The van der Waals surface area contributed by atoms with Gasteiger partial charge in [0.15, 0.2) is 0 Å². The number of hydrogen-bond acceptors (Lipinski definition) is 3. The van der Waals surface area contributed by atoms with Crippen LogP contribution in [0, 0.1) is 0 Å². The van der Waals surface area contributed by atoms with E-state index >= 15 is 0 Å². The summed E-state index contributed by atoms with van der Waals surface area (Å²) in [6, 6.07) is 7.73. The molecule has 3 N–H and O–H groups in total. The molecule has 4 nitrogen and oxygen atoms in total. The number of nitrogens with two attached hydrogens (primary N) is 1. The lowest BCUT2D eigenvalue weighted by molar-refractivity contribution is -0.121. The van der Waals surface area contributed by atoms with E-state index in [1.807, 2.05) is 31.3 Å². The molecule has 1 aromatic rings. The van der Waals surface area contributed by atoms with Gasteiger partial charge in [0.2, 0.25) is 5.91 Å². The largest absolute Gasteiger partial charge is 0.359 e. The van der Waals surface area contributed by atoms with Gasteiger partial charge in [0, 0.05) is 31.1 Å². The van der Waals surface area contributed by atoms with E-state index in [0.29, 0.717) is 18.0 Å². The van der Waals surface area contributed by atoms with Crippen molar-refractivity contribution < 1.29 is 4.79 Å². The summed E-state index contributed by atoms with van der Waals surface area (Å²) in [6.07, 6.45) is 1.30. The van der Waals surface area contributed by atoms with E-state index in [0.717, 1.165) is 12.0 Å². The minimum atomic E-state index is -0.0235. The lowest BCUT2D eigenvalue weighted by atomic mass is 9.96. The van der Waals surface area contributed by atoms with Crippen LogP contribution in [0.15, 0.2) is 24.3 Å². The van der Waals surface area contributed by atoms with Crippen LogP contribution in [0.3, 0.4) is 0 Å². The topological polar surface area (TPSA) is 58.4 Å². The summed E-state index contributed by atoms with van der Waals surface area (Å²) in [5.74, 6) is 0.0276. The highest BCUT2D eigenvalue weighted by Crippen LogP contribution is 2.29. The van der Waals surface area contributed by atoms with Gasteiger partial charge < -0.3 is 11.1 Å². The van der Waals surface area contributed by atoms with Crippen molar-refractivity contribution in [1.82, 2.24) is 10.2 Å². The van der Waals surface area contributed by atoms with Gasteiger partial charge in [0.25, 0.3) is 0 Å². The smallest absolute Gasteiger partial charge is 0.221 e. The van der Waals surface area contributed by atoms with Crippen molar-refractivity contribution in [2.75, 3.05) is 20.6 Å². The van der Waals surface area contributed by atoms with Crippen LogP contribution in [0.4, 0.5) is 0 Å². The number of carbonyl (C=O) groups excluding carboxylic acids is 1. The van der Waals surface area contributed by atoms with Crippen molar-refractivity contribution in [3.8, 4) is 0 Å². The third kappa shape index (κ3) is 4.47. The van der Waals surface area contributed by atoms with Gasteiger partial charge in [0.1, 0.15) is 0 Å². The third-order valence-corrected chi connectivity index (χ3v) is 3.89. The minimum Gasteiger partial charge on any atom is -0.359 e. The minimum absolute atomic E-state index is 0.0124. The molecule has 0 saturated heterocycles. The average Bonchev–Trinajstić information content (AvgIpc) is 2.46. The first kappa shape index (κ1) is 17.0. The number of benzene rings is 1. The number of rotatable bonds is 7. The van der Waals surface area contributed by atoms with E-state index < -0.39 is 0 Å². The maximum Gasteiger partial charge on any atom is 0.221 e. The molecule has 0 radical (unpaired) electrons. The zero-order chi connectivity index (χ0) is 15.1. The molecule has 0 saturated carbocycles. The summed E-state index contributed by atoms with van der Waals surface area (Å²) in [5.41, 5.74) is 7.27. The fraction of sp³-hybridized carbons (Fsp3) is 0.533. The number of carbonyl (C=O) groups is 1. The van der Waals surface area contributed by atoms with Crippen LogP contribution in [0.5, 0.6) is 0 Å². The van der Waals surface area contributed by atoms with E-state index in [-0.39, 0.29) is 18.0 Å². The molecule has 5 heteroatoms. The lowest BCUT2D eigenvalue weighted by Crippen LogP contribution is -2.40. The first-order valence-electron chi connectivity index (χ1n) is 6.92. The Bertz CT molecular complexity index is 439. The summed E-state index contributed by atoms with van der Waals surface area (Å²) < 4.78 is 0. The number of nitrogens with zero attached hydrogens (tertiary/aromatic N) is 1. The zero-order valence-electron chi connectivity index (χ0n) is 12.4. The van der Waals surface area contributed by atoms with Crippen molar-refractivity contribution in [3.63, 3.8) is 0 Å². The normalized spacial score (nSPS) is 14.1. The molecule has 20 heavy (non-hydrogen) atoms. The fourth-order valence-corrected chi connectivity index (χ4v) is 2.52. The Morgan fingerprint density at radius 3 is 2.65 bits per heavy atom. The number of amides is 1. The van der Waals surface area contributed by atoms with Gasteiger partial charge >= 0.3 is 0 Å². The maximum absolute atomic E-state index is 11.4. The summed E-state index contributed by atoms with van der Waals surface area (Å²) in [6.45, 7) is 2.70. The van der Waals surface area contributed by atoms with Crippen LogP contribution < -0.4 is 11.1 Å². The summed E-state index contributed by atoms with van der Waals surface area (Å²) >= 11 is 6.29. The van der Waals surface area contributed by atoms with Crippen molar-refractivity contribution in [2.24, 2.45) is 5.73 Å². The van der Waals surface area contributed by atoms with E-state index in [4.69, 9.17) is 17.3 Å². The van der Waals surface area contributed by atoms with Gasteiger partial charge in [-0.25, -0.2) is 0 Å². The van der Waals surface area contributed by atoms with Gasteiger partial charge in [-0.3, -0.25) is 9.69 Å². The van der Waals surface area contributed by atoms with E-state index in [9.17, 15) is 4.79 Å². The molecule has 112 valence electrons. The Hall–Kier alpha value is -1.10. The summed E-state index contributed by atoms with van der Waals surface area (Å²) in [7, 11) is 3.62. The molecular formula is C15H24ClN3O. The zero-order valence-corrected chi connectivity index (χ0v) is 13.2. The Morgan fingerprint density at radius 1 is 1.45 bits per heavy atom. The van der Waals surface area contributed by atoms with E-state index in [2.05, 4.69) is 17.1 Å². The molecule has 0 aliphatic heterocycles. The Kier molecular flexibility index (Phi) is 6.99. The van der Waals surface area contributed by atoms with Crippen molar-refractivity contribution in [2.45, 2.75) is 31.8 Å². The van der Waals surface area contributed by atoms with Crippen LogP contribution in [-0.2, 0) is 4.79 Å². The van der Waals surface area contributed by atoms with Gasteiger partial charge in [-0.2, -0.15) is 0 Å². The van der Waals surface area contributed by atoms with Gasteiger partial charge in [0.05, 0.1) is 6.04 Å². The van der Waals surface area contributed by atoms with Gasteiger partial charge in [-0.15, -0.1) is 0 Å². The van der Waals surface area contributed by atoms with Gasteiger partial charge in [-0.1, -0.05) is 36.7 Å². The monoisotopic (exact) mass is 297 g/mol. The van der Waals surface area contributed by atoms with Crippen LogP contribution in [0.1, 0.15) is 31.4 Å². The fourth-order valence-electron chi connectivity index (χ4n) is 2.28. The standard InChI is InChI=1S/C15H24ClN3O/c1-4-13(17)15(11-7-5-6-8-12(11)16)19(3)10-9-14(20)18-2/h5-8,13,15H,4,9-10,17H2,1-3H3,(H,18,20). The molecule has 0 aromatic heterocycles. The number of hydrogen-bond donors (Lipinski definition) is 2. The van der Waals surface area contributed by atoms with Gasteiger partial charge in [-0.05, 0) is 25.1 Å².